The number of hydrogen-bond donors (Lipinski definition) is 3. The summed E-state index contributed by atoms with van der Waals surface area (Å²) in [5.41, 5.74) is 1.90. The number of thiazole rings is 1. The number of ether oxygens (including phenoxy) is 1. The first-order valence-electron chi connectivity index (χ1n) is 8.89. The van der Waals surface area contributed by atoms with Crippen LogP contribution < -0.4 is 15.5 Å². The van der Waals surface area contributed by atoms with Gasteiger partial charge in [0.05, 0.1) is 23.7 Å². The van der Waals surface area contributed by atoms with Crippen molar-refractivity contribution in [1.29, 1.82) is 0 Å². The number of methoxy groups -OCH3 is 1. The first kappa shape index (κ1) is 21.1. The molecule has 0 spiro atoms. The predicted molar refractivity (Wildman–Crippen MR) is 114 cm³/mol. The second-order valence-electron chi connectivity index (χ2n) is 6.08. The molecule has 0 fully saturated rings. The number of benzene rings is 1. The van der Waals surface area contributed by atoms with Gasteiger partial charge in [0.1, 0.15) is 0 Å². The number of nitrogens with zero attached hydrogens (tertiary/aromatic N) is 4. The van der Waals surface area contributed by atoms with Crippen molar-refractivity contribution >= 4 is 45.8 Å². The summed E-state index contributed by atoms with van der Waals surface area (Å²) >= 11 is 1.31. The lowest BCUT2D eigenvalue weighted by Crippen LogP contribution is -2.32. The van der Waals surface area contributed by atoms with E-state index in [0.29, 0.717) is 34.8 Å². The maximum absolute atomic E-state index is 11.4. The van der Waals surface area contributed by atoms with Crippen LogP contribution in [0.25, 0.3) is 10.6 Å². The van der Waals surface area contributed by atoms with Crippen LogP contribution in [0.3, 0.4) is 0 Å². The van der Waals surface area contributed by atoms with E-state index >= 15 is 0 Å². The lowest BCUT2D eigenvalue weighted by Gasteiger charge is -2.19. The molecule has 0 aliphatic rings. The van der Waals surface area contributed by atoms with Crippen LogP contribution >= 0.6 is 11.3 Å². The molecule has 2 aromatic heterocycles. The molecule has 156 valence electrons. The van der Waals surface area contributed by atoms with Gasteiger partial charge >= 0.3 is 6.09 Å². The first-order valence-corrected chi connectivity index (χ1v) is 9.71. The molecule has 11 heteroatoms. The highest BCUT2D eigenvalue weighted by molar-refractivity contribution is 7.19. The Bertz CT molecular complexity index is 1020. The molecule has 0 saturated heterocycles. The highest BCUT2D eigenvalue weighted by atomic mass is 32.1. The molecule has 0 atom stereocenters. The molecule has 2 heterocycles. The van der Waals surface area contributed by atoms with Crippen LogP contribution in [-0.2, 0) is 9.53 Å². The number of carbonyl (C=O) groups is 2. The molecule has 0 saturated carbocycles. The predicted octanol–water partition coefficient (Wildman–Crippen LogP) is 3.43. The molecule has 3 aromatic rings. The fourth-order valence-electron chi connectivity index (χ4n) is 2.53. The summed E-state index contributed by atoms with van der Waals surface area (Å²) in [6, 6.07) is 8.63. The van der Waals surface area contributed by atoms with Crippen LogP contribution in [0.5, 0.6) is 0 Å². The van der Waals surface area contributed by atoms with Gasteiger partial charge in [-0.05, 0) is 30.3 Å². The standard InChI is InChI=1S/C19H20N6O4S/c1-12(26)22-18-21-11-16(30-18)15-7-8-20-17(24-15)23-13-3-5-14(6-4-13)25(19(27)28)9-10-29-2/h3-8,11H,9-10H2,1-2H3,(H,27,28)(H,20,23,24)(H,21,22,26). The number of hydrogen-bond acceptors (Lipinski definition) is 8. The molecule has 30 heavy (non-hydrogen) atoms. The largest absolute Gasteiger partial charge is 0.465 e. The van der Waals surface area contributed by atoms with Crippen LogP contribution in [0.4, 0.5) is 27.2 Å². The van der Waals surface area contributed by atoms with Crippen molar-refractivity contribution in [3.8, 4) is 10.6 Å². The summed E-state index contributed by atoms with van der Waals surface area (Å²) in [4.78, 5) is 37.4. The molecule has 0 aliphatic heterocycles. The second kappa shape index (κ2) is 9.76. The van der Waals surface area contributed by atoms with Crippen molar-refractivity contribution in [1.82, 2.24) is 15.0 Å². The number of carboxylic acid groups (broad SMARTS) is 1. The van der Waals surface area contributed by atoms with Crippen molar-refractivity contribution < 1.29 is 19.4 Å². The second-order valence-corrected chi connectivity index (χ2v) is 7.11. The number of amides is 2. The van der Waals surface area contributed by atoms with Crippen LogP contribution in [-0.4, -0.2) is 52.3 Å². The van der Waals surface area contributed by atoms with Crippen molar-refractivity contribution in [2.24, 2.45) is 0 Å². The number of nitrogens with one attached hydrogen (secondary N) is 2. The Labute approximate surface area is 176 Å². The third-order valence-electron chi connectivity index (χ3n) is 3.88. The van der Waals surface area contributed by atoms with E-state index in [1.807, 2.05) is 0 Å². The number of anilines is 4. The number of aromatic nitrogens is 3. The van der Waals surface area contributed by atoms with Crippen LogP contribution in [0.15, 0.2) is 42.7 Å². The van der Waals surface area contributed by atoms with E-state index in [-0.39, 0.29) is 12.5 Å². The first-order chi connectivity index (χ1) is 14.5. The Hall–Kier alpha value is -3.57. The third kappa shape index (κ3) is 5.49. The van der Waals surface area contributed by atoms with Crippen molar-refractivity contribution in [3.63, 3.8) is 0 Å². The third-order valence-corrected chi connectivity index (χ3v) is 4.82. The van der Waals surface area contributed by atoms with E-state index in [2.05, 4.69) is 25.6 Å². The maximum atomic E-state index is 11.4. The average Bonchev–Trinajstić information content (AvgIpc) is 3.17. The van der Waals surface area contributed by atoms with Gasteiger partial charge in [-0.3, -0.25) is 9.69 Å². The molecule has 0 aliphatic carbocycles. The van der Waals surface area contributed by atoms with E-state index < -0.39 is 6.09 Å². The summed E-state index contributed by atoms with van der Waals surface area (Å²) in [7, 11) is 1.52. The fourth-order valence-corrected chi connectivity index (χ4v) is 3.36. The highest BCUT2D eigenvalue weighted by Crippen LogP contribution is 2.28. The van der Waals surface area contributed by atoms with Gasteiger partial charge in [-0.15, -0.1) is 0 Å². The molecule has 1 aromatic carbocycles. The molecule has 0 radical (unpaired) electrons. The van der Waals surface area contributed by atoms with Gasteiger partial charge in [0.25, 0.3) is 0 Å². The van der Waals surface area contributed by atoms with E-state index in [0.717, 1.165) is 4.88 Å². The Morgan fingerprint density at radius 1 is 1.20 bits per heavy atom. The smallest absolute Gasteiger partial charge is 0.411 e. The summed E-state index contributed by atoms with van der Waals surface area (Å²) in [6.45, 7) is 1.96. The lowest BCUT2D eigenvalue weighted by molar-refractivity contribution is -0.114. The molecule has 10 nitrogen and oxygen atoms in total. The van der Waals surface area contributed by atoms with Gasteiger partial charge in [-0.2, -0.15) is 0 Å². The maximum Gasteiger partial charge on any atom is 0.411 e. The minimum Gasteiger partial charge on any atom is -0.465 e. The fraction of sp³-hybridized carbons (Fsp3) is 0.211. The quantitative estimate of drug-likeness (QED) is 0.498. The monoisotopic (exact) mass is 428 g/mol. The van der Waals surface area contributed by atoms with Crippen LogP contribution in [0.2, 0.25) is 0 Å². The summed E-state index contributed by atoms with van der Waals surface area (Å²) in [6.07, 6.45) is 2.21. The number of carbonyl (C=O) groups excluding carboxylic acids is 1. The zero-order valence-electron chi connectivity index (χ0n) is 16.3. The molecular weight excluding hydrogens is 408 g/mol. The zero-order valence-corrected chi connectivity index (χ0v) is 17.1. The Morgan fingerprint density at radius 2 is 1.97 bits per heavy atom. The minimum atomic E-state index is -1.05. The highest BCUT2D eigenvalue weighted by Gasteiger charge is 2.14. The molecule has 3 rings (SSSR count). The topological polar surface area (TPSA) is 130 Å². The SMILES string of the molecule is COCCN(C(=O)O)c1ccc(Nc2nccc(-c3cnc(NC(C)=O)s3)n2)cc1. The van der Waals surface area contributed by atoms with Gasteiger partial charge in [0.15, 0.2) is 5.13 Å². The van der Waals surface area contributed by atoms with Crippen LogP contribution in [0.1, 0.15) is 6.92 Å². The van der Waals surface area contributed by atoms with Crippen LogP contribution in [0, 0.1) is 0 Å². The van der Waals surface area contributed by atoms with Crippen molar-refractivity contribution in [2.45, 2.75) is 6.92 Å². The van der Waals surface area contributed by atoms with Gasteiger partial charge in [0, 0.05) is 37.8 Å². The van der Waals surface area contributed by atoms with Gasteiger partial charge in [0.2, 0.25) is 11.9 Å². The summed E-state index contributed by atoms with van der Waals surface area (Å²) in [5, 5.41) is 15.6. The van der Waals surface area contributed by atoms with E-state index in [1.165, 1.54) is 30.3 Å². The Kier molecular flexibility index (Phi) is 6.88. The molecule has 2 amide bonds. The normalized spacial score (nSPS) is 10.5. The Balaban J connectivity index is 1.72. The van der Waals surface area contributed by atoms with Crippen molar-refractivity contribution in [2.75, 3.05) is 35.8 Å². The molecular formula is C19H20N6O4S. The van der Waals surface area contributed by atoms with E-state index in [1.54, 1.807) is 42.7 Å². The van der Waals surface area contributed by atoms with Crippen molar-refractivity contribution in [3.05, 3.63) is 42.7 Å². The lowest BCUT2D eigenvalue weighted by atomic mass is 10.2. The average molecular weight is 428 g/mol. The molecule has 3 N–H and O–H groups in total. The van der Waals surface area contributed by atoms with E-state index in [4.69, 9.17) is 4.74 Å². The van der Waals surface area contributed by atoms with Gasteiger partial charge in [-0.25, -0.2) is 19.7 Å². The molecule has 0 bridgehead atoms. The minimum absolute atomic E-state index is 0.187. The zero-order chi connectivity index (χ0) is 21.5. The number of rotatable bonds is 8. The van der Waals surface area contributed by atoms with Gasteiger partial charge < -0.3 is 20.5 Å². The van der Waals surface area contributed by atoms with E-state index in [9.17, 15) is 14.7 Å². The molecule has 0 unspecified atom stereocenters. The summed E-state index contributed by atoms with van der Waals surface area (Å²) in [5.74, 6) is 0.192. The van der Waals surface area contributed by atoms with Gasteiger partial charge in [-0.1, -0.05) is 11.3 Å². The summed E-state index contributed by atoms with van der Waals surface area (Å²) < 4.78 is 4.96. The Morgan fingerprint density at radius 3 is 2.63 bits per heavy atom.